The van der Waals surface area contributed by atoms with E-state index in [9.17, 15) is 4.79 Å². The van der Waals surface area contributed by atoms with Crippen LogP contribution in [-0.4, -0.2) is 38.9 Å². The molecule has 1 atom stereocenters. The molecule has 0 spiro atoms. The number of hydrogen-bond acceptors (Lipinski definition) is 5. The highest BCUT2D eigenvalue weighted by Crippen LogP contribution is 2.31. The average Bonchev–Trinajstić information content (AvgIpc) is 3.24. The van der Waals surface area contributed by atoms with Gasteiger partial charge in [-0.1, -0.05) is 24.3 Å². The van der Waals surface area contributed by atoms with E-state index in [1.165, 1.54) is 6.33 Å². The topological polar surface area (TPSA) is 68.2 Å². The Bertz CT molecular complexity index is 885. The predicted molar refractivity (Wildman–Crippen MR) is 101 cm³/mol. The summed E-state index contributed by atoms with van der Waals surface area (Å²) in [5.41, 5.74) is 2.79. The van der Waals surface area contributed by atoms with Crippen LogP contribution in [-0.2, 0) is 4.79 Å². The molecule has 0 saturated carbocycles. The van der Waals surface area contributed by atoms with Gasteiger partial charge in [0, 0.05) is 36.3 Å². The fourth-order valence-electron chi connectivity index (χ4n) is 3.34. The van der Waals surface area contributed by atoms with Crippen LogP contribution in [0, 0.1) is 0 Å². The van der Waals surface area contributed by atoms with E-state index in [0.717, 1.165) is 36.2 Å². The zero-order valence-electron chi connectivity index (χ0n) is 14.9. The van der Waals surface area contributed by atoms with Gasteiger partial charge in [-0.25, -0.2) is 9.97 Å². The van der Waals surface area contributed by atoms with Crippen LogP contribution in [0.25, 0.3) is 11.1 Å². The molecule has 1 saturated heterocycles. The van der Waals surface area contributed by atoms with E-state index in [1.54, 1.807) is 12.4 Å². The van der Waals surface area contributed by atoms with Crippen molar-refractivity contribution in [3.05, 3.63) is 73.1 Å². The van der Waals surface area contributed by atoms with Crippen LogP contribution >= 0.6 is 0 Å². The second kappa shape index (κ2) is 7.95. The normalized spacial score (nSPS) is 16.3. The molecule has 0 radical (unpaired) electrons. The highest BCUT2D eigenvalue weighted by molar-refractivity contribution is 5.78. The largest absolute Gasteiger partial charge is 0.484 e. The molecule has 6 nitrogen and oxygen atoms in total. The molecule has 0 N–H and O–H groups in total. The van der Waals surface area contributed by atoms with Crippen molar-refractivity contribution in [3.63, 3.8) is 0 Å². The third-order valence-corrected chi connectivity index (χ3v) is 4.70. The molecular formula is C21H20N4O2. The summed E-state index contributed by atoms with van der Waals surface area (Å²) in [6.07, 6.45) is 8.72. The molecule has 1 fully saturated rings. The van der Waals surface area contributed by atoms with Crippen LogP contribution in [0.15, 0.2) is 67.4 Å². The van der Waals surface area contributed by atoms with Crippen LogP contribution in [0.4, 0.5) is 0 Å². The van der Waals surface area contributed by atoms with Gasteiger partial charge in [-0.05, 0) is 31.0 Å². The minimum Gasteiger partial charge on any atom is -0.484 e. The van der Waals surface area contributed by atoms with Crippen LogP contribution in [0.5, 0.6) is 5.75 Å². The number of nitrogens with zero attached hydrogens (tertiary/aromatic N) is 4. The number of amides is 1. The molecule has 1 aromatic carbocycles. The van der Waals surface area contributed by atoms with Crippen molar-refractivity contribution in [1.82, 2.24) is 19.9 Å². The lowest BCUT2D eigenvalue weighted by Gasteiger charge is -2.24. The first-order valence-electron chi connectivity index (χ1n) is 9.00. The number of carbonyl (C=O) groups is 1. The number of para-hydroxylation sites is 1. The standard InChI is InChI=1S/C21H20N4O2/c26-21(14-27-18-5-2-1-3-6-18)25-10-4-7-20(25)19-9-8-16(13-24-19)17-11-22-15-23-12-17/h1-3,5-6,8-9,11-13,15,20H,4,7,10,14H2/t20-/m1/s1. The summed E-state index contributed by atoms with van der Waals surface area (Å²) in [6.45, 7) is 0.775. The molecule has 1 amide bonds. The van der Waals surface area contributed by atoms with E-state index in [2.05, 4.69) is 15.0 Å². The summed E-state index contributed by atoms with van der Waals surface area (Å²) >= 11 is 0. The summed E-state index contributed by atoms with van der Waals surface area (Å²) < 4.78 is 5.62. The van der Waals surface area contributed by atoms with Gasteiger partial charge in [0.05, 0.1) is 11.7 Å². The smallest absolute Gasteiger partial charge is 0.261 e. The van der Waals surface area contributed by atoms with E-state index in [-0.39, 0.29) is 18.6 Å². The second-order valence-electron chi connectivity index (χ2n) is 6.45. The number of hydrogen-bond donors (Lipinski definition) is 0. The number of carbonyl (C=O) groups excluding carboxylic acids is 1. The van der Waals surface area contributed by atoms with Gasteiger partial charge in [0.25, 0.3) is 5.91 Å². The Morgan fingerprint density at radius 3 is 2.59 bits per heavy atom. The molecule has 0 unspecified atom stereocenters. The zero-order chi connectivity index (χ0) is 18.5. The van der Waals surface area contributed by atoms with Gasteiger partial charge in [-0.2, -0.15) is 0 Å². The van der Waals surface area contributed by atoms with Crippen molar-refractivity contribution in [3.8, 4) is 16.9 Å². The molecule has 136 valence electrons. The van der Waals surface area contributed by atoms with Crippen LogP contribution < -0.4 is 4.74 Å². The summed E-state index contributed by atoms with van der Waals surface area (Å²) in [6, 6.07) is 13.4. The van der Waals surface area contributed by atoms with Crippen molar-refractivity contribution in [2.45, 2.75) is 18.9 Å². The van der Waals surface area contributed by atoms with Crippen molar-refractivity contribution >= 4 is 5.91 Å². The number of aromatic nitrogens is 3. The fraction of sp³-hybridized carbons (Fsp3) is 0.238. The first-order chi connectivity index (χ1) is 13.3. The Hall–Kier alpha value is -3.28. The quantitative estimate of drug-likeness (QED) is 0.698. The third-order valence-electron chi connectivity index (χ3n) is 4.70. The van der Waals surface area contributed by atoms with Gasteiger partial charge in [0.2, 0.25) is 0 Å². The predicted octanol–water partition coefficient (Wildman–Crippen LogP) is 3.28. The van der Waals surface area contributed by atoms with Crippen LogP contribution in [0.3, 0.4) is 0 Å². The van der Waals surface area contributed by atoms with Gasteiger partial charge in [0.15, 0.2) is 6.61 Å². The molecule has 4 rings (SSSR count). The molecule has 6 heteroatoms. The lowest BCUT2D eigenvalue weighted by Crippen LogP contribution is -2.34. The maximum absolute atomic E-state index is 12.6. The first kappa shape index (κ1) is 17.1. The number of benzene rings is 1. The lowest BCUT2D eigenvalue weighted by atomic mass is 10.1. The molecule has 3 heterocycles. The summed E-state index contributed by atoms with van der Waals surface area (Å²) in [4.78, 5) is 27.2. The van der Waals surface area contributed by atoms with E-state index in [1.807, 2.05) is 53.6 Å². The van der Waals surface area contributed by atoms with Gasteiger partial charge >= 0.3 is 0 Å². The fourth-order valence-corrected chi connectivity index (χ4v) is 3.34. The number of pyridine rings is 1. The van der Waals surface area contributed by atoms with Crippen molar-refractivity contribution in [2.75, 3.05) is 13.2 Å². The Morgan fingerprint density at radius 1 is 1.04 bits per heavy atom. The molecule has 27 heavy (non-hydrogen) atoms. The Kier molecular flexibility index (Phi) is 5.05. The zero-order valence-corrected chi connectivity index (χ0v) is 14.9. The number of rotatable bonds is 5. The summed E-state index contributed by atoms with van der Waals surface area (Å²) in [5, 5.41) is 0. The molecule has 1 aliphatic rings. The number of ether oxygens (including phenoxy) is 1. The molecular weight excluding hydrogens is 340 g/mol. The molecule has 2 aromatic heterocycles. The van der Waals surface area contributed by atoms with E-state index in [0.29, 0.717) is 5.75 Å². The SMILES string of the molecule is O=C(COc1ccccc1)N1CCC[C@@H]1c1ccc(-c2cncnc2)cn1. The van der Waals surface area contributed by atoms with Crippen molar-refractivity contribution in [2.24, 2.45) is 0 Å². The van der Waals surface area contributed by atoms with Crippen molar-refractivity contribution in [1.29, 1.82) is 0 Å². The van der Waals surface area contributed by atoms with Crippen LogP contribution in [0.1, 0.15) is 24.6 Å². The highest BCUT2D eigenvalue weighted by atomic mass is 16.5. The van der Waals surface area contributed by atoms with E-state index >= 15 is 0 Å². The minimum absolute atomic E-state index is 0.00190. The average molecular weight is 360 g/mol. The minimum atomic E-state index is -0.0105. The van der Waals surface area contributed by atoms with Crippen molar-refractivity contribution < 1.29 is 9.53 Å². The first-order valence-corrected chi connectivity index (χ1v) is 9.00. The monoisotopic (exact) mass is 360 g/mol. The maximum Gasteiger partial charge on any atom is 0.261 e. The Labute approximate surface area is 157 Å². The Balaban J connectivity index is 1.44. The maximum atomic E-state index is 12.6. The summed E-state index contributed by atoms with van der Waals surface area (Å²) in [5.74, 6) is 0.692. The molecule has 1 aliphatic heterocycles. The van der Waals surface area contributed by atoms with Gasteiger partial charge in [0.1, 0.15) is 12.1 Å². The number of likely N-dealkylation sites (tertiary alicyclic amines) is 1. The van der Waals surface area contributed by atoms with Crippen LogP contribution in [0.2, 0.25) is 0 Å². The van der Waals surface area contributed by atoms with E-state index in [4.69, 9.17) is 4.74 Å². The molecule has 3 aromatic rings. The summed E-state index contributed by atoms with van der Waals surface area (Å²) in [7, 11) is 0. The van der Waals surface area contributed by atoms with Gasteiger partial charge < -0.3 is 9.64 Å². The Morgan fingerprint density at radius 2 is 1.85 bits per heavy atom. The molecule has 0 aliphatic carbocycles. The molecule has 0 bridgehead atoms. The lowest BCUT2D eigenvalue weighted by molar-refractivity contribution is -0.134. The third kappa shape index (κ3) is 3.95. The van der Waals surface area contributed by atoms with Gasteiger partial charge in [-0.15, -0.1) is 0 Å². The van der Waals surface area contributed by atoms with E-state index < -0.39 is 0 Å². The van der Waals surface area contributed by atoms with Gasteiger partial charge in [-0.3, -0.25) is 9.78 Å². The second-order valence-corrected chi connectivity index (χ2v) is 6.45. The highest BCUT2D eigenvalue weighted by Gasteiger charge is 2.31.